The average Bonchev–Trinajstić information content (AvgIpc) is 2.81. The van der Waals surface area contributed by atoms with E-state index in [0.29, 0.717) is 6.10 Å². The molecule has 1 amide bonds. The van der Waals surface area contributed by atoms with Gasteiger partial charge in [-0.25, -0.2) is 0 Å². The number of carbonyl (C=O) groups excluding carboxylic acids is 1. The molecule has 2 aliphatic rings. The highest BCUT2D eigenvalue weighted by Gasteiger charge is 2.19. The van der Waals surface area contributed by atoms with E-state index in [4.69, 9.17) is 4.74 Å². The van der Waals surface area contributed by atoms with Gasteiger partial charge < -0.3 is 15.4 Å². The lowest BCUT2D eigenvalue weighted by Crippen LogP contribution is -2.45. The van der Waals surface area contributed by atoms with Gasteiger partial charge in [0.2, 0.25) is 5.91 Å². The third-order valence-corrected chi connectivity index (χ3v) is 3.92. The number of rotatable bonds is 4. The van der Waals surface area contributed by atoms with Gasteiger partial charge in [0, 0.05) is 13.2 Å². The second-order valence-electron chi connectivity index (χ2n) is 5.42. The third-order valence-electron chi connectivity index (χ3n) is 3.92. The van der Waals surface area contributed by atoms with Gasteiger partial charge in [0.15, 0.2) is 0 Å². The van der Waals surface area contributed by atoms with Crippen LogP contribution in [0.25, 0.3) is 0 Å². The van der Waals surface area contributed by atoms with Crippen LogP contribution in [0, 0.1) is 0 Å². The zero-order valence-electron chi connectivity index (χ0n) is 11.2. The van der Waals surface area contributed by atoms with Crippen molar-refractivity contribution in [2.75, 3.05) is 19.7 Å². The summed E-state index contributed by atoms with van der Waals surface area (Å²) in [4.78, 5) is 12.0. The normalized spacial score (nSPS) is 29.6. The Hall–Kier alpha value is -0.610. The summed E-state index contributed by atoms with van der Waals surface area (Å²) in [7, 11) is 0. The van der Waals surface area contributed by atoms with Crippen molar-refractivity contribution in [2.45, 2.75) is 63.5 Å². The molecular weight excluding hydrogens is 228 g/mol. The van der Waals surface area contributed by atoms with Gasteiger partial charge in [-0.05, 0) is 38.6 Å². The van der Waals surface area contributed by atoms with Crippen LogP contribution in [-0.2, 0) is 9.53 Å². The van der Waals surface area contributed by atoms with Gasteiger partial charge in [-0.15, -0.1) is 0 Å². The Morgan fingerprint density at radius 1 is 1.17 bits per heavy atom. The maximum absolute atomic E-state index is 12.0. The Morgan fingerprint density at radius 2 is 2.06 bits per heavy atom. The van der Waals surface area contributed by atoms with E-state index in [-0.39, 0.29) is 11.9 Å². The van der Waals surface area contributed by atoms with Crippen LogP contribution in [0.2, 0.25) is 0 Å². The molecule has 2 fully saturated rings. The number of ether oxygens (including phenoxy) is 1. The fourth-order valence-electron chi connectivity index (χ4n) is 2.78. The maximum Gasteiger partial charge on any atom is 0.237 e. The largest absolute Gasteiger partial charge is 0.378 e. The molecular formula is C14H26N2O2. The molecule has 2 N–H and O–H groups in total. The first kappa shape index (κ1) is 13.8. The summed E-state index contributed by atoms with van der Waals surface area (Å²) in [6, 6.07) is 0.0230. The summed E-state index contributed by atoms with van der Waals surface area (Å²) in [5.74, 6) is 0.176. The van der Waals surface area contributed by atoms with Crippen LogP contribution < -0.4 is 10.6 Å². The fourth-order valence-corrected chi connectivity index (χ4v) is 2.78. The summed E-state index contributed by atoms with van der Waals surface area (Å²) in [5.41, 5.74) is 0. The smallest absolute Gasteiger partial charge is 0.237 e. The summed E-state index contributed by atoms with van der Waals surface area (Å²) in [5, 5.41) is 6.40. The van der Waals surface area contributed by atoms with E-state index in [1.165, 1.54) is 25.7 Å². The van der Waals surface area contributed by atoms with Crippen molar-refractivity contribution in [3.05, 3.63) is 0 Å². The fraction of sp³-hybridized carbons (Fsp3) is 0.929. The van der Waals surface area contributed by atoms with E-state index in [2.05, 4.69) is 10.6 Å². The van der Waals surface area contributed by atoms with E-state index in [0.717, 1.165) is 45.4 Å². The summed E-state index contributed by atoms with van der Waals surface area (Å²) < 4.78 is 5.55. The Bertz CT molecular complexity index is 244. The second-order valence-corrected chi connectivity index (χ2v) is 5.42. The Balaban J connectivity index is 1.62. The van der Waals surface area contributed by atoms with Gasteiger partial charge in [0.25, 0.3) is 0 Å². The van der Waals surface area contributed by atoms with Crippen molar-refractivity contribution >= 4 is 5.91 Å². The van der Waals surface area contributed by atoms with Crippen LogP contribution in [-0.4, -0.2) is 37.7 Å². The minimum atomic E-state index is 0.0230. The van der Waals surface area contributed by atoms with Crippen molar-refractivity contribution in [3.8, 4) is 0 Å². The molecule has 4 heteroatoms. The number of nitrogens with one attached hydrogen (secondary N) is 2. The van der Waals surface area contributed by atoms with Crippen LogP contribution in [0.3, 0.4) is 0 Å². The highest BCUT2D eigenvalue weighted by molar-refractivity contribution is 5.81. The van der Waals surface area contributed by atoms with Crippen molar-refractivity contribution in [1.82, 2.24) is 10.6 Å². The maximum atomic E-state index is 12.0. The zero-order chi connectivity index (χ0) is 12.6. The van der Waals surface area contributed by atoms with Gasteiger partial charge >= 0.3 is 0 Å². The van der Waals surface area contributed by atoms with E-state index in [1.54, 1.807) is 0 Å². The number of carbonyl (C=O) groups is 1. The molecule has 0 aromatic carbocycles. The third kappa shape index (κ3) is 4.58. The zero-order valence-corrected chi connectivity index (χ0v) is 11.2. The highest BCUT2D eigenvalue weighted by atomic mass is 16.5. The monoisotopic (exact) mass is 254 g/mol. The second kappa shape index (κ2) is 7.74. The van der Waals surface area contributed by atoms with Crippen molar-refractivity contribution in [1.29, 1.82) is 0 Å². The van der Waals surface area contributed by atoms with Crippen LogP contribution >= 0.6 is 0 Å². The molecule has 2 rings (SSSR count). The van der Waals surface area contributed by atoms with E-state index >= 15 is 0 Å². The molecule has 2 saturated heterocycles. The van der Waals surface area contributed by atoms with Gasteiger partial charge in [-0.3, -0.25) is 4.79 Å². The molecule has 0 saturated carbocycles. The van der Waals surface area contributed by atoms with Gasteiger partial charge in [-0.1, -0.05) is 19.3 Å². The highest BCUT2D eigenvalue weighted by Crippen LogP contribution is 2.14. The summed E-state index contributed by atoms with van der Waals surface area (Å²) in [6.45, 7) is 2.62. The topological polar surface area (TPSA) is 50.4 Å². The van der Waals surface area contributed by atoms with Crippen molar-refractivity contribution < 1.29 is 9.53 Å². The first-order valence-electron chi connectivity index (χ1n) is 7.49. The van der Waals surface area contributed by atoms with E-state index in [9.17, 15) is 4.79 Å². The molecule has 0 aromatic rings. The van der Waals surface area contributed by atoms with Crippen LogP contribution in [0.1, 0.15) is 51.4 Å². The van der Waals surface area contributed by atoms with Crippen LogP contribution in [0.15, 0.2) is 0 Å². The minimum absolute atomic E-state index is 0.0230. The SMILES string of the molecule is O=C(NCCC1CCCO1)C1CCCCCCN1. The van der Waals surface area contributed by atoms with Gasteiger partial charge in [-0.2, -0.15) is 0 Å². The van der Waals surface area contributed by atoms with E-state index in [1.807, 2.05) is 0 Å². The molecule has 0 bridgehead atoms. The molecule has 0 aliphatic carbocycles. The lowest BCUT2D eigenvalue weighted by Gasteiger charge is -2.21. The standard InChI is InChI=1S/C14H26N2O2/c17-14(13-7-3-1-2-4-9-15-13)16-10-8-12-6-5-11-18-12/h12-13,15H,1-11H2,(H,16,17). The first-order chi connectivity index (χ1) is 8.86. The molecule has 0 spiro atoms. The lowest BCUT2D eigenvalue weighted by atomic mass is 10.0. The first-order valence-corrected chi connectivity index (χ1v) is 7.49. The molecule has 0 aromatic heterocycles. The summed E-state index contributed by atoms with van der Waals surface area (Å²) >= 11 is 0. The van der Waals surface area contributed by atoms with Crippen molar-refractivity contribution in [2.24, 2.45) is 0 Å². The summed E-state index contributed by atoms with van der Waals surface area (Å²) in [6.07, 6.45) is 9.54. The van der Waals surface area contributed by atoms with Gasteiger partial charge in [0.1, 0.15) is 0 Å². The number of hydrogen-bond acceptors (Lipinski definition) is 3. The molecule has 2 aliphatic heterocycles. The predicted molar refractivity (Wildman–Crippen MR) is 71.5 cm³/mol. The number of hydrogen-bond donors (Lipinski definition) is 2. The molecule has 104 valence electrons. The van der Waals surface area contributed by atoms with E-state index < -0.39 is 0 Å². The molecule has 2 heterocycles. The average molecular weight is 254 g/mol. The Kier molecular flexibility index (Phi) is 5.94. The van der Waals surface area contributed by atoms with Crippen molar-refractivity contribution in [3.63, 3.8) is 0 Å². The molecule has 2 atom stereocenters. The molecule has 0 radical (unpaired) electrons. The van der Waals surface area contributed by atoms with Crippen LogP contribution in [0.5, 0.6) is 0 Å². The molecule has 2 unspecified atom stereocenters. The number of amides is 1. The minimum Gasteiger partial charge on any atom is -0.378 e. The quantitative estimate of drug-likeness (QED) is 0.801. The Morgan fingerprint density at radius 3 is 2.89 bits per heavy atom. The molecule has 18 heavy (non-hydrogen) atoms. The van der Waals surface area contributed by atoms with Gasteiger partial charge in [0.05, 0.1) is 12.1 Å². The molecule has 4 nitrogen and oxygen atoms in total. The predicted octanol–water partition coefficient (Wildman–Crippen LogP) is 1.59. The lowest BCUT2D eigenvalue weighted by molar-refractivity contribution is -0.123. The Labute approximate surface area is 110 Å². The van der Waals surface area contributed by atoms with Crippen LogP contribution in [0.4, 0.5) is 0 Å².